The summed E-state index contributed by atoms with van der Waals surface area (Å²) >= 11 is 4.63. The van der Waals surface area contributed by atoms with Gasteiger partial charge in [0.15, 0.2) is 0 Å². The molecule has 0 saturated heterocycles. The number of rotatable bonds is 4. The molecular formula is C23H32O2S. The minimum Gasteiger partial charge on any atom is -0.478 e. The van der Waals surface area contributed by atoms with Crippen molar-refractivity contribution in [1.82, 2.24) is 0 Å². The van der Waals surface area contributed by atoms with E-state index in [0.717, 1.165) is 16.0 Å². The molecule has 1 aromatic rings. The highest BCUT2D eigenvalue weighted by atomic mass is 32.1. The van der Waals surface area contributed by atoms with Crippen molar-refractivity contribution in [3.63, 3.8) is 0 Å². The predicted molar refractivity (Wildman–Crippen MR) is 116 cm³/mol. The highest BCUT2D eigenvalue weighted by Crippen LogP contribution is 2.33. The topological polar surface area (TPSA) is 37.3 Å². The third-order valence-corrected chi connectivity index (χ3v) is 4.82. The standard InChI is InChI=1S/C23H32O2S/c1-15(11-21(24)25)9-10-20(26)16(2)17-12-18(22(3,4)5)14-19(13-17)23(6,7)8/h9-14,26H,1-8H3,(H,24,25)/b10-9+,15-11+,20-16-. The quantitative estimate of drug-likeness (QED) is 0.358. The fourth-order valence-corrected chi connectivity index (χ4v) is 2.64. The molecular weight excluding hydrogens is 340 g/mol. The monoisotopic (exact) mass is 372 g/mol. The normalized spacial score (nSPS) is 14.6. The van der Waals surface area contributed by atoms with Gasteiger partial charge in [-0.05, 0) is 58.6 Å². The van der Waals surface area contributed by atoms with Crippen LogP contribution in [0.5, 0.6) is 0 Å². The van der Waals surface area contributed by atoms with Gasteiger partial charge in [0, 0.05) is 11.0 Å². The fraction of sp³-hybridized carbons (Fsp3) is 0.435. The molecule has 2 nitrogen and oxygen atoms in total. The third-order valence-electron chi connectivity index (χ3n) is 4.34. The van der Waals surface area contributed by atoms with Gasteiger partial charge in [-0.2, -0.15) is 0 Å². The average molecular weight is 373 g/mol. The Kier molecular flexibility index (Phi) is 7.12. The lowest BCUT2D eigenvalue weighted by Gasteiger charge is -2.26. The maximum Gasteiger partial charge on any atom is 0.328 e. The molecule has 0 aromatic heterocycles. The molecule has 0 spiro atoms. The summed E-state index contributed by atoms with van der Waals surface area (Å²) in [6.45, 7) is 17.1. The molecule has 1 rings (SSSR count). The summed E-state index contributed by atoms with van der Waals surface area (Å²) in [5.74, 6) is -0.943. The van der Waals surface area contributed by atoms with Crippen molar-refractivity contribution in [3.05, 3.63) is 63.6 Å². The van der Waals surface area contributed by atoms with Gasteiger partial charge in [0.25, 0.3) is 0 Å². The summed E-state index contributed by atoms with van der Waals surface area (Å²) in [6, 6.07) is 6.76. The van der Waals surface area contributed by atoms with E-state index in [-0.39, 0.29) is 10.8 Å². The second-order valence-corrected chi connectivity index (χ2v) is 9.35. The van der Waals surface area contributed by atoms with Crippen LogP contribution in [0.1, 0.15) is 72.1 Å². The number of aliphatic carboxylic acids is 1. The van der Waals surface area contributed by atoms with E-state index in [0.29, 0.717) is 5.57 Å². The van der Waals surface area contributed by atoms with Gasteiger partial charge in [0.1, 0.15) is 0 Å². The van der Waals surface area contributed by atoms with Gasteiger partial charge in [-0.3, -0.25) is 0 Å². The Morgan fingerprint density at radius 2 is 1.38 bits per heavy atom. The summed E-state index contributed by atoms with van der Waals surface area (Å²) in [5, 5.41) is 8.81. The second-order valence-electron chi connectivity index (χ2n) is 8.87. The van der Waals surface area contributed by atoms with Gasteiger partial charge in [0.05, 0.1) is 0 Å². The first-order valence-corrected chi connectivity index (χ1v) is 9.32. The summed E-state index contributed by atoms with van der Waals surface area (Å²) in [6.07, 6.45) is 4.82. The van der Waals surface area contributed by atoms with Crippen LogP contribution in [0.15, 0.2) is 46.9 Å². The van der Waals surface area contributed by atoms with Crippen LogP contribution in [0.4, 0.5) is 0 Å². The van der Waals surface area contributed by atoms with E-state index >= 15 is 0 Å². The lowest BCUT2D eigenvalue weighted by molar-refractivity contribution is -0.131. The number of hydrogen-bond acceptors (Lipinski definition) is 2. The maximum atomic E-state index is 10.7. The summed E-state index contributed by atoms with van der Waals surface area (Å²) in [7, 11) is 0. The number of allylic oxidation sites excluding steroid dienone is 4. The molecule has 0 aliphatic carbocycles. The second kappa shape index (κ2) is 8.30. The number of thiol groups is 1. The molecule has 26 heavy (non-hydrogen) atoms. The average Bonchev–Trinajstić information content (AvgIpc) is 2.49. The minimum atomic E-state index is -0.943. The minimum absolute atomic E-state index is 0.0592. The van der Waals surface area contributed by atoms with Crippen LogP contribution < -0.4 is 0 Å². The van der Waals surface area contributed by atoms with E-state index in [1.54, 1.807) is 13.0 Å². The van der Waals surface area contributed by atoms with Crippen molar-refractivity contribution in [2.45, 2.75) is 66.2 Å². The number of hydrogen-bond donors (Lipinski definition) is 2. The molecule has 0 aliphatic heterocycles. The number of carbonyl (C=O) groups is 1. The van der Waals surface area contributed by atoms with Crippen LogP contribution in [0.3, 0.4) is 0 Å². The van der Waals surface area contributed by atoms with E-state index in [1.165, 1.54) is 17.2 Å². The van der Waals surface area contributed by atoms with Crippen molar-refractivity contribution in [2.75, 3.05) is 0 Å². The molecule has 3 heteroatoms. The molecule has 0 amide bonds. The van der Waals surface area contributed by atoms with Crippen molar-refractivity contribution in [2.24, 2.45) is 0 Å². The molecule has 0 heterocycles. The van der Waals surface area contributed by atoms with E-state index < -0.39 is 5.97 Å². The molecule has 0 saturated carbocycles. The van der Waals surface area contributed by atoms with Crippen LogP contribution in [-0.2, 0) is 15.6 Å². The van der Waals surface area contributed by atoms with Gasteiger partial charge in [0.2, 0.25) is 0 Å². The zero-order valence-corrected chi connectivity index (χ0v) is 18.2. The maximum absolute atomic E-state index is 10.7. The van der Waals surface area contributed by atoms with Gasteiger partial charge >= 0.3 is 5.97 Å². The highest BCUT2D eigenvalue weighted by Gasteiger charge is 2.21. The zero-order chi connectivity index (χ0) is 20.3. The smallest absolute Gasteiger partial charge is 0.328 e. The zero-order valence-electron chi connectivity index (χ0n) is 17.3. The summed E-state index contributed by atoms with van der Waals surface area (Å²) in [4.78, 5) is 11.6. The highest BCUT2D eigenvalue weighted by molar-refractivity contribution is 7.85. The van der Waals surface area contributed by atoms with E-state index in [2.05, 4.69) is 79.3 Å². The van der Waals surface area contributed by atoms with Crippen LogP contribution in [0.2, 0.25) is 0 Å². The van der Waals surface area contributed by atoms with E-state index in [9.17, 15) is 4.79 Å². The molecule has 0 unspecified atom stereocenters. The molecule has 1 N–H and O–H groups in total. The summed E-state index contributed by atoms with van der Waals surface area (Å²) < 4.78 is 0. The first-order valence-electron chi connectivity index (χ1n) is 8.87. The van der Waals surface area contributed by atoms with Crippen molar-refractivity contribution >= 4 is 24.2 Å². The first kappa shape index (κ1) is 22.3. The Morgan fingerprint density at radius 1 is 0.923 bits per heavy atom. The van der Waals surface area contributed by atoms with Crippen LogP contribution in [-0.4, -0.2) is 11.1 Å². The van der Waals surface area contributed by atoms with E-state index in [1.807, 2.05) is 6.08 Å². The Hall–Kier alpha value is -1.74. The SMILES string of the molecule is C\C(=C(S)/C=C/C(C)=C/C(=O)O)c1cc(C(C)(C)C)cc(C(C)(C)C)c1. The largest absolute Gasteiger partial charge is 0.478 e. The molecule has 1 aromatic carbocycles. The number of carboxylic acid groups (broad SMARTS) is 1. The van der Waals surface area contributed by atoms with Crippen LogP contribution >= 0.6 is 12.6 Å². The lowest BCUT2D eigenvalue weighted by Crippen LogP contribution is -2.16. The van der Waals surface area contributed by atoms with E-state index in [4.69, 9.17) is 5.11 Å². The van der Waals surface area contributed by atoms with Gasteiger partial charge < -0.3 is 5.11 Å². The van der Waals surface area contributed by atoms with Gasteiger partial charge in [-0.15, -0.1) is 12.6 Å². The number of benzene rings is 1. The predicted octanol–water partition coefficient (Wildman–Crippen LogP) is 6.53. The van der Waals surface area contributed by atoms with Crippen molar-refractivity contribution < 1.29 is 9.90 Å². The Bertz CT molecular complexity index is 734. The Labute approximate surface area is 164 Å². The summed E-state index contributed by atoms with van der Waals surface area (Å²) in [5.41, 5.74) is 5.61. The first-order chi connectivity index (χ1) is 11.7. The Morgan fingerprint density at radius 3 is 1.77 bits per heavy atom. The van der Waals surface area contributed by atoms with Crippen LogP contribution in [0, 0.1) is 0 Å². The fourth-order valence-electron chi connectivity index (χ4n) is 2.44. The molecule has 142 valence electrons. The van der Waals surface area contributed by atoms with Crippen LogP contribution in [0.25, 0.3) is 5.57 Å². The lowest BCUT2D eigenvalue weighted by atomic mass is 9.79. The van der Waals surface area contributed by atoms with Gasteiger partial charge in [-0.25, -0.2) is 4.79 Å². The molecule has 0 aliphatic rings. The number of carboxylic acids is 1. The molecule has 0 fully saturated rings. The van der Waals surface area contributed by atoms with Gasteiger partial charge in [-0.1, -0.05) is 65.8 Å². The molecule has 0 bridgehead atoms. The third kappa shape index (κ3) is 6.53. The molecule has 0 atom stereocenters. The van der Waals surface area contributed by atoms with Crippen molar-refractivity contribution in [1.29, 1.82) is 0 Å². The molecule has 0 radical (unpaired) electrons. The van der Waals surface area contributed by atoms with Crippen molar-refractivity contribution in [3.8, 4) is 0 Å². The Balaban J connectivity index is 3.44.